The standard InChI is InChI=1S/C22H25N3O2S/c1-24-12-14-25(15-13-24)22-9-5-8-19-10-11-20(16-21(19)22)23-28(26,27)17-18-6-3-2-4-7-18/h2-11,16,23H,12-15,17H2,1H3. The summed E-state index contributed by atoms with van der Waals surface area (Å²) in [5, 5.41) is 2.19. The van der Waals surface area contributed by atoms with E-state index < -0.39 is 10.0 Å². The van der Waals surface area contributed by atoms with Crippen molar-refractivity contribution >= 4 is 32.2 Å². The first-order valence-electron chi connectivity index (χ1n) is 9.51. The van der Waals surface area contributed by atoms with Crippen molar-refractivity contribution < 1.29 is 8.42 Å². The number of sulfonamides is 1. The van der Waals surface area contributed by atoms with Crippen LogP contribution in [0.4, 0.5) is 11.4 Å². The number of benzene rings is 3. The minimum atomic E-state index is -3.47. The molecule has 1 aliphatic rings. The van der Waals surface area contributed by atoms with Crippen molar-refractivity contribution in [2.24, 2.45) is 0 Å². The molecule has 4 rings (SSSR count). The SMILES string of the molecule is CN1CCN(c2cccc3ccc(NS(=O)(=O)Cc4ccccc4)cc23)CC1. The van der Waals surface area contributed by atoms with Gasteiger partial charge in [-0.3, -0.25) is 4.72 Å². The van der Waals surface area contributed by atoms with Crippen LogP contribution >= 0.6 is 0 Å². The van der Waals surface area contributed by atoms with Gasteiger partial charge in [-0.15, -0.1) is 0 Å². The largest absolute Gasteiger partial charge is 0.368 e. The maximum atomic E-state index is 12.6. The number of hydrogen-bond donors (Lipinski definition) is 1. The first-order chi connectivity index (χ1) is 13.5. The first kappa shape index (κ1) is 18.8. The number of likely N-dealkylation sites (N-methyl/N-ethyl adjacent to an activating group) is 1. The average Bonchev–Trinajstić information content (AvgIpc) is 2.68. The minimum absolute atomic E-state index is 0.0357. The van der Waals surface area contributed by atoms with Gasteiger partial charge in [0.15, 0.2) is 0 Å². The molecule has 0 saturated carbocycles. The van der Waals surface area contributed by atoms with Gasteiger partial charge in [0, 0.05) is 42.9 Å². The number of fused-ring (bicyclic) bond motifs is 1. The zero-order chi connectivity index (χ0) is 19.6. The Hall–Kier alpha value is -2.57. The molecule has 28 heavy (non-hydrogen) atoms. The first-order valence-corrected chi connectivity index (χ1v) is 11.2. The molecular formula is C22H25N3O2S. The van der Waals surface area contributed by atoms with Gasteiger partial charge in [0.1, 0.15) is 0 Å². The van der Waals surface area contributed by atoms with Crippen molar-refractivity contribution in [3.05, 3.63) is 72.3 Å². The molecule has 1 aliphatic heterocycles. The maximum absolute atomic E-state index is 12.6. The summed E-state index contributed by atoms with van der Waals surface area (Å²) in [7, 11) is -1.33. The summed E-state index contributed by atoms with van der Waals surface area (Å²) in [6.45, 7) is 4.00. The summed E-state index contributed by atoms with van der Waals surface area (Å²) >= 11 is 0. The number of nitrogens with zero attached hydrogens (tertiary/aromatic N) is 2. The molecule has 0 radical (unpaired) electrons. The molecule has 1 heterocycles. The van der Waals surface area contributed by atoms with Crippen molar-refractivity contribution in [3.8, 4) is 0 Å². The molecule has 0 aromatic heterocycles. The molecule has 1 N–H and O–H groups in total. The molecule has 0 atom stereocenters. The number of anilines is 2. The molecule has 0 amide bonds. The summed E-state index contributed by atoms with van der Waals surface area (Å²) < 4.78 is 27.9. The molecular weight excluding hydrogens is 370 g/mol. The zero-order valence-corrected chi connectivity index (χ0v) is 16.8. The van der Waals surface area contributed by atoms with Gasteiger partial charge < -0.3 is 9.80 Å². The molecule has 6 heteroatoms. The summed E-state index contributed by atoms with van der Waals surface area (Å²) in [4.78, 5) is 4.70. The van der Waals surface area contributed by atoms with E-state index >= 15 is 0 Å². The number of nitrogens with one attached hydrogen (secondary N) is 1. The highest BCUT2D eigenvalue weighted by molar-refractivity contribution is 7.91. The van der Waals surface area contributed by atoms with Crippen molar-refractivity contribution in [1.29, 1.82) is 0 Å². The predicted octanol–water partition coefficient (Wildman–Crippen LogP) is 3.53. The minimum Gasteiger partial charge on any atom is -0.368 e. The van der Waals surface area contributed by atoms with Gasteiger partial charge in [0.05, 0.1) is 5.75 Å². The van der Waals surface area contributed by atoms with Crippen molar-refractivity contribution in [1.82, 2.24) is 4.90 Å². The van der Waals surface area contributed by atoms with E-state index in [1.165, 1.54) is 0 Å². The second kappa shape index (κ2) is 7.81. The summed E-state index contributed by atoms with van der Waals surface area (Å²) in [5.74, 6) is -0.0357. The van der Waals surface area contributed by atoms with E-state index in [2.05, 4.69) is 39.8 Å². The Kier molecular flexibility index (Phi) is 5.24. The van der Waals surface area contributed by atoms with Crippen LogP contribution < -0.4 is 9.62 Å². The van der Waals surface area contributed by atoms with Crippen molar-refractivity contribution in [3.63, 3.8) is 0 Å². The highest BCUT2D eigenvalue weighted by Gasteiger charge is 2.17. The predicted molar refractivity (Wildman–Crippen MR) is 116 cm³/mol. The molecule has 1 saturated heterocycles. The number of rotatable bonds is 5. The molecule has 1 fully saturated rings. The van der Waals surface area contributed by atoms with Crippen LogP contribution in [-0.4, -0.2) is 46.5 Å². The Morgan fingerprint density at radius 1 is 0.893 bits per heavy atom. The summed E-state index contributed by atoms with van der Waals surface area (Å²) in [6.07, 6.45) is 0. The number of hydrogen-bond acceptors (Lipinski definition) is 4. The van der Waals surface area contributed by atoms with Crippen LogP contribution in [0.15, 0.2) is 66.7 Å². The van der Waals surface area contributed by atoms with Crippen LogP contribution in [0.1, 0.15) is 5.56 Å². The molecule has 0 unspecified atom stereocenters. The fraction of sp³-hybridized carbons (Fsp3) is 0.273. The number of piperazine rings is 1. The van der Waals surface area contributed by atoms with Crippen LogP contribution in [-0.2, 0) is 15.8 Å². The molecule has 0 aliphatic carbocycles. The molecule has 3 aromatic carbocycles. The van der Waals surface area contributed by atoms with Gasteiger partial charge >= 0.3 is 0 Å². The Bertz CT molecular complexity index is 1060. The third-order valence-electron chi connectivity index (χ3n) is 5.18. The lowest BCUT2D eigenvalue weighted by atomic mass is 10.1. The van der Waals surface area contributed by atoms with Gasteiger partial charge in [-0.1, -0.05) is 48.5 Å². The third-order valence-corrected chi connectivity index (χ3v) is 6.44. The van der Waals surface area contributed by atoms with Crippen LogP contribution in [0, 0.1) is 0 Å². The van der Waals surface area contributed by atoms with E-state index in [0.717, 1.165) is 48.2 Å². The normalized spacial score (nSPS) is 15.7. The summed E-state index contributed by atoms with van der Waals surface area (Å²) in [5.41, 5.74) is 2.54. The molecule has 3 aromatic rings. The zero-order valence-electron chi connectivity index (χ0n) is 16.0. The van der Waals surface area contributed by atoms with Gasteiger partial charge in [0.25, 0.3) is 0 Å². The van der Waals surface area contributed by atoms with Crippen molar-refractivity contribution in [2.75, 3.05) is 42.8 Å². The van der Waals surface area contributed by atoms with E-state index in [1.807, 2.05) is 48.5 Å². The fourth-order valence-corrected chi connectivity index (χ4v) is 4.84. The van der Waals surface area contributed by atoms with E-state index in [1.54, 1.807) is 0 Å². The molecule has 0 spiro atoms. The highest BCUT2D eigenvalue weighted by Crippen LogP contribution is 2.30. The van der Waals surface area contributed by atoms with E-state index in [4.69, 9.17) is 0 Å². The van der Waals surface area contributed by atoms with Crippen LogP contribution in [0.25, 0.3) is 10.8 Å². The topological polar surface area (TPSA) is 52.6 Å². The van der Waals surface area contributed by atoms with E-state index in [-0.39, 0.29) is 5.75 Å². The van der Waals surface area contributed by atoms with Crippen LogP contribution in [0.5, 0.6) is 0 Å². The molecule has 0 bridgehead atoms. The summed E-state index contributed by atoms with van der Waals surface area (Å²) in [6, 6.07) is 21.2. The second-order valence-electron chi connectivity index (χ2n) is 7.35. The van der Waals surface area contributed by atoms with Gasteiger partial charge in [-0.25, -0.2) is 8.42 Å². The molecule has 5 nitrogen and oxygen atoms in total. The van der Waals surface area contributed by atoms with Gasteiger partial charge in [-0.05, 0) is 36.2 Å². The Balaban J connectivity index is 1.61. The lowest BCUT2D eigenvalue weighted by Gasteiger charge is -2.34. The van der Waals surface area contributed by atoms with Gasteiger partial charge in [-0.2, -0.15) is 0 Å². The van der Waals surface area contributed by atoms with Crippen molar-refractivity contribution in [2.45, 2.75) is 5.75 Å². The van der Waals surface area contributed by atoms with Crippen LogP contribution in [0.3, 0.4) is 0 Å². The smallest absolute Gasteiger partial charge is 0.236 e. The second-order valence-corrected chi connectivity index (χ2v) is 9.07. The van der Waals surface area contributed by atoms with Crippen LogP contribution in [0.2, 0.25) is 0 Å². The van der Waals surface area contributed by atoms with Gasteiger partial charge in [0.2, 0.25) is 10.0 Å². The molecule has 146 valence electrons. The monoisotopic (exact) mass is 395 g/mol. The lowest BCUT2D eigenvalue weighted by molar-refractivity contribution is 0.313. The lowest BCUT2D eigenvalue weighted by Crippen LogP contribution is -2.44. The Labute approximate surface area is 166 Å². The third kappa shape index (κ3) is 4.29. The van der Waals surface area contributed by atoms with E-state index in [0.29, 0.717) is 5.69 Å². The average molecular weight is 396 g/mol. The quantitative estimate of drug-likeness (QED) is 0.718. The Morgan fingerprint density at radius 2 is 1.64 bits per heavy atom. The fourth-order valence-electron chi connectivity index (χ4n) is 3.65. The van der Waals surface area contributed by atoms with E-state index in [9.17, 15) is 8.42 Å². The highest BCUT2D eigenvalue weighted by atomic mass is 32.2. The maximum Gasteiger partial charge on any atom is 0.236 e. The Morgan fingerprint density at radius 3 is 2.39 bits per heavy atom.